The van der Waals surface area contributed by atoms with Gasteiger partial charge in [-0.25, -0.2) is 0 Å². The standard InChI is InChI=1S/C24H35BrO3/c1-22(2,3)28-21(27)18-9-8-16-15-7-6-14-12-20(26)19(25)13-24(14,5)17(15)10-11-23(16,18)4/h12,15-19H,6-11,13H2,1-5H3/t15-,16-,17-,18+,19-,23-,24-/m0/s1. The van der Waals surface area contributed by atoms with Crippen LogP contribution in [0.3, 0.4) is 0 Å². The second kappa shape index (κ2) is 6.68. The van der Waals surface area contributed by atoms with Crippen LogP contribution in [0.5, 0.6) is 0 Å². The van der Waals surface area contributed by atoms with E-state index in [2.05, 4.69) is 29.8 Å². The normalized spacial score (nSPS) is 45.6. The number of fused-ring (bicyclic) bond motifs is 5. The Kier molecular flexibility index (Phi) is 4.92. The van der Waals surface area contributed by atoms with E-state index in [1.165, 1.54) is 18.4 Å². The fourth-order valence-corrected chi connectivity index (χ4v) is 8.15. The third-order valence-corrected chi connectivity index (χ3v) is 9.43. The molecule has 0 amide bonds. The van der Waals surface area contributed by atoms with Crippen molar-refractivity contribution in [2.45, 2.75) is 90.0 Å². The van der Waals surface area contributed by atoms with E-state index in [0.29, 0.717) is 17.8 Å². The molecule has 0 radical (unpaired) electrons. The minimum absolute atomic E-state index is 0.0161. The number of esters is 1. The fourth-order valence-electron chi connectivity index (χ4n) is 7.34. The molecule has 3 nitrogen and oxygen atoms in total. The average molecular weight is 451 g/mol. The molecule has 0 N–H and O–H groups in total. The van der Waals surface area contributed by atoms with E-state index in [1.54, 1.807) is 0 Å². The van der Waals surface area contributed by atoms with E-state index in [-0.39, 0.29) is 33.3 Å². The number of ketones is 1. The van der Waals surface area contributed by atoms with Crippen LogP contribution < -0.4 is 0 Å². The van der Waals surface area contributed by atoms with Crippen LogP contribution in [-0.2, 0) is 14.3 Å². The maximum Gasteiger partial charge on any atom is 0.310 e. The summed E-state index contributed by atoms with van der Waals surface area (Å²) in [5.74, 6) is 2.21. The Morgan fingerprint density at radius 1 is 1.14 bits per heavy atom. The first-order valence-electron chi connectivity index (χ1n) is 11.1. The highest BCUT2D eigenvalue weighted by Gasteiger charge is 2.61. The lowest BCUT2D eigenvalue weighted by Gasteiger charge is -2.58. The van der Waals surface area contributed by atoms with Crippen LogP contribution in [0.4, 0.5) is 0 Å². The highest BCUT2D eigenvalue weighted by molar-refractivity contribution is 9.10. The van der Waals surface area contributed by atoms with Crippen LogP contribution in [0.25, 0.3) is 0 Å². The van der Waals surface area contributed by atoms with Crippen molar-refractivity contribution in [2.75, 3.05) is 0 Å². The zero-order valence-electron chi connectivity index (χ0n) is 18.0. The van der Waals surface area contributed by atoms with Gasteiger partial charge in [0.2, 0.25) is 0 Å². The zero-order chi connectivity index (χ0) is 20.5. The van der Waals surface area contributed by atoms with Crippen LogP contribution in [0.15, 0.2) is 11.6 Å². The maximum atomic E-state index is 13.0. The van der Waals surface area contributed by atoms with E-state index < -0.39 is 5.60 Å². The molecule has 0 saturated heterocycles. The van der Waals surface area contributed by atoms with Gasteiger partial charge < -0.3 is 4.74 Å². The van der Waals surface area contributed by atoms with E-state index >= 15 is 0 Å². The van der Waals surface area contributed by atoms with E-state index in [9.17, 15) is 9.59 Å². The van der Waals surface area contributed by atoms with Crippen molar-refractivity contribution in [3.63, 3.8) is 0 Å². The number of carbonyl (C=O) groups is 2. The van der Waals surface area contributed by atoms with Gasteiger partial charge in [-0.05, 0) is 100 Å². The number of ether oxygens (including phenoxy) is 1. The van der Waals surface area contributed by atoms with Crippen molar-refractivity contribution in [3.8, 4) is 0 Å². The van der Waals surface area contributed by atoms with E-state index in [4.69, 9.17) is 4.74 Å². The molecule has 28 heavy (non-hydrogen) atoms. The third kappa shape index (κ3) is 3.13. The van der Waals surface area contributed by atoms with Crippen molar-refractivity contribution in [2.24, 2.45) is 34.5 Å². The summed E-state index contributed by atoms with van der Waals surface area (Å²) in [6.45, 7) is 10.7. The highest BCUT2D eigenvalue weighted by atomic mass is 79.9. The van der Waals surface area contributed by atoms with E-state index in [0.717, 1.165) is 32.1 Å². The topological polar surface area (TPSA) is 43.4 Å². The first kappa shape index (κ1) is 20.6. The second-order valence-electron chi connectivity index (χ2n) is 11.3. The molecular formula is C24H35BrO3. The molecule has 4 rings (SSSR count). The van der Waals surface area contributed by atoms with Gasteiger partial charge in [0.05, 0.1) is 10.7 Å². The van der Waals surface area contributed by atoms with Crippen molar-refractivity contribution in [3.05, 3.63) is 11.6 Å². The van der Waals surface area contributed by atoms with Gasteiger partial charge >= 0.3 is 5.97 Å². The number of hydrogen-bond donors (Lipinski definition) is 0. The predicted octanol–water partition coefficient (Wildman–Crippen LogP) is 5.85. The van der Waals surface area contributed by atoms with Gasteiger partial charge in [0.25, 0.3) is 0 Å². The van der Waals surface area contributed by atoms with Crippen LogP contribution in [0.2, 0.25) is 0 Å². The number of halogens is 1. The molecular weight excluding hydrogens is 416 g/mol. The van der Waals surface area contributed by atoms with Gasteiger partial charge in [-0.3, -0.25) is 9.59 Å². The Morgan fingerprint density at radius 2 is 1.86 bits per heavy atom. The predicted molar refractivity (Wildman–Crippen MR) is 114 cm³/mol. The van der Waals surface area contributed by atoms with Gasteiger partial charge in [0.1, 0.15) is 5.60 Å². The Balaban J connectivity index is 1.59. The Bertz CT molecular complexity index is 720. The molecule has 0 aromatic carbocycles. The van der Waals surface area contributed by atoms with Crippen molar-refractivity contribution in [1.82, 2.24) is 0 Å². The summed E-state index contributed by atoms with van der Waals surface area (Å²) >= 11 is 3.64. The SMILES string of the molecule is CC(C)(C)OC(=O)[C@H]1CC[C@H]2[C@@H]3CCC4=CC(=O)[C@@H](Br)C[C@]4(C)[C@H]3CC[C@]12C. The van der Waals surface area contributed by atoms with Crippen molar-refractivity contribution in [1.29, 1.82) is 0 Å². The molecule has 0 aliphatic heterocycles. The minimum atomic E-state index is -0.416. The highest BCUT2D eigenvalue weighted by Crippen LogP contribution is 2.67. The molecule has 3 saturated carbocycles. The number of hydrogen-bond acceptors (Lipinski definition) is 3. The van der Waals surface area contributed by atoms with Gasteiger partial charge in [-0.2, -0.15) is 0 Å². The van der Waals surface area contributed by atoms with Crippen molar-refractivity contribution < 1.29 is 14.3 Å². The largest absolute Gasteiger partial charge is 0.460 e. The molecule has 7 atom stereocenters. The lowest BCUT2D eigenvalue weighted by molar-refractivity contribution is -0.167. The average Bonchev–Trinajstić information content (AvgIpc) is 2.92. The molecule has 4 aliphatic rings. The second-order valence-corrected chi connectivity index (χ2v) is 12.4. The lowest BCUT2D eigenvalue weighted by Crippen LogP contribution is -2.52. The van der Waals surface area contributed by atoms with Crippen LogP contribution in [-0.4, -0.2) is 22.2 Å². The van der Waals surface area contributed by atoms with Crippen LogP contribution in [0.1, 0.15) is 79.6 Å². The van der Waals surface area contributed by atoms with Crippen molar-refractivity contribution >= 4 is 27.7 Å². The molecule has 156 valence electrons. The molecule has 4 aliphatic carbocycles. The molecule has 0 spiro atoms. The molecule has 0 unspecified atom stereocenters. The smallest absolute Gasteiger partial charge is 0.310 e. The van der Waals surface area contributed by atoms with Gasteiger partial charge in [0.15, 0.2) is 5.78 Å². The molecule has 0 heterocycles. The summed E-state index contributed by atoms with van der Waals surface area (Å²) in [4.78, 5) is 25.2. The summed E-state index contributed by atoms with van der Waals surface area (Å²) in [5, 5.41) is 0. The number of carbonyl (C=O) groups excluding carboxylic acids is 2. The van der Waals surface area contributed by atoms with E-state index in [1.807, 2.05) is 26.8 Å². The molecule has 0 aromatic rings. The Labute approximate surface area is 178 Å². The first-order chi connectivity index (χ1) is 13.0. The maximum absolute atomic E-state index is 13.0. The van der Waals surface area contributed by atoms with Crippen LogP contribution >= 0.6 is 15.9 Å². The number of allylic oxidation sites excluding steroid dienone is 1. The quantitative estimate of drug-likeness (QED) is 0.371. The van der Waals surface area contributed by atoms with Gasteiger partial charge in [0, 0.05) is 0 Å². The molecule has 0 bridgehead atoms. The van der Waals surface area contributed by atoms with Gasteiger partial charge in [-0.15, -0.1) is 0 Å². The molecule has 3 fully saturated rings. The summed E-state index contributed by atoms with van der Waals surface area (Å²) < 4.78 is 5.81. The summed E-state index contributed by atoms with van der Waals surface area (Å²) in [6, 6.07) is 0. The summed E-state index contributed by atoms with van der Waals surface area (Å²) in [6.07, 6.45) is 9.49. The monoisotopic (exact) mass is 450 g/mol. The Hall–Kier alpha value is -0.640. The molecule has 0 aromatic heterocycles. The third-order valence-electron chi connectivity index (χ3n) is 8.66. The lowest BCUT2D eigenvalue weighted by atomic mass is 9.47. The number of alkyl halides is 1. The summed E-state index contributed by atoms with van der Waals surface area (Å²) in [7, 11) is 0. The Morgan fingerprint density at radius 3 is 2.54 bits per heavy atom. The minimum Gasteiger partial charge on any atom is -0.460 e. The van der Waals surface area contributed by atoms with Gasteiger partial charge in [-0.1, -0.05) is 35.4 Å². The number of rotatable bonds is 1. The van der Waals surface area contributed by atoms with Crippen LogP contribution in [0, 0.1) is 34.5 Å². The zero-order valence-corrected chi connectivity index (χ0v) is 19.6. The molecule has 4 heteroatoms. The first-order valence-corrected chi connectivity index (χ1v) is 12.0. The fraction of sp³-hybridized carbons (Fsp3) is 0.833. The summed E-state index contributed by atoms with van der Waals surface area (Å²) in [5.41, 5.74) is 1.18.